The predicted molar refractivity (Wildman–Crippen MR) is 94.8 cm³/mol. The highest BCUT2D eigenvalue weighted by Gasteiger charge is 2.26. The molecule has 8 nitrogen and oxygen atoms in total. The summed E-state index contributed by atoms with van der Waals surface area (Å²) < 4.78 is 38.4. The number of rotatable bonds is 6. The number of hydrogen-bond acceptors (Lipinski definition) is 6. The number of ether oxygens (including phenoxy) is 2. The smallest absolute Gasteiger partial charge is 0.419 e. The van der Waals surface area contributed by atoms with Crippen LogP contribution in [0.3, 0.4) is 0 Å². The van der Waals surface area contributed by atoms with Gasteiger partial charge in [0.15, 0.2) is 17.3 Å². The number of alkyl carbamates (subject to hydrolysis) is 1. The molecule has 150 valence electrons. The van der Waals surface area contributed by atoms with Gasteiger partial charge >= 0.3 is 12.1 Å². The SMILES string of the molecule is NC(Cc1ccc(Oc2ccc(/C=C3\OC(=O)NC3=O)cc2)c(F)c1F)C(=O)O. The molecule has 1 aliphatic heterocycles. The largest absolute Gasteiger partial charge is 0.480 e. The molecule has 29 heavy (non-hydrogen) atoms. The van der Waals surface area contributed by atoms with Crippen molar-refractivity contribution < 1.29 is 37.7 Å². The molecule has 1 fully saturated rings. The molecule has 4 N–H and O–H groups in total. The van der Waals surface area contributed by atoms with Gasteiger partial charge in [0, 0.05) is 6.42 Å². The van der Waals surface area contributed by atoms with Crippen LogP contribution in [0.4, 0.5) is 13.6 Å². The second-order valence-corrected chi connectivity index (χ2v) is 6.02. The van der Waals surface area contributed by atoms with Gasteiger partial charge in [-0.15, -0.1) is 0 Å². The van der Waals surface area contributed by atoms with Crippen molar-refractivity contribution in [1.29, 1.82) is 0 Å². The number of imide groups is 1. The quantitative estimate of drug-likeness (QED) is 0.631. The van der Waals surface area contributed by atoms with Crippen molar-refractivity contribution in [2.75, 3.05) is 0 Å². The first kappa shape index (κ1) is 20.0. The molecule has 0 bridgehead atoms. The molecular weight excluding hydrogens is 390 g/mol. The number of carboxylic acids is 1. The minimum absolute atomic E-state index is 0.174. The molecular formula is C19H14F2N2O6. The van der Waals surface area contributed by atoms with E-state index in [4.69, 9.17) is 15.6 Å². The van der Waals surface area contributed by atoms with Gasteiger partial charge in [-0.2, -0.15) is 4.39 Å². The first-order valence-electron chi connectivity index (χ1n) is 8.22. The van der Waals surface area contributed by atoms with Crippen LogP contribution < -0.4 is 15.8 Å². The molecule has 1 atom stereocenters. The van der Waals surface area contributed by atoms with Crippen molar-refractivity contribution in [3.8, 4) is 11.5 Å². The van der Waals surface area contributed by atoms with Gasteiger partial charge in [0.1, 0.15) is 11.8 Å². The summed E-state index contributed by atoms with van der Waals surface area (Å²) in [7, 11) is 0. The normalized spacial score (nSPS) is 15.8. The van der Waals surface area contributed by atoms with E-state index in [1.807, 2.05) is 5.32 Å². The number of cyclic esters (lactones) is 1. The fourth-order valence-electron chi connectivity index (χ4n) is 2.46. The third kappa shape index (κ3) is 4.55. The summed E-state index contributed by atoms with van der Waals surface area (Å²) in [6, 6.07) is 6.90. The van der Waals surface area contributed by atoms with Gasteiger partial charge in [-0.25, -0.2) is 9.18 Å². The summed E-state index contributed by atoms with van der Waals surface area (Å²) in [5, 5.41) is 10.7. The Hall–Kier alpha value is -3.79. The van der Waals surface area contributed by atoms with E-state index in [1.165, 1.54) is 42.5 Å². The van der Waals surface area contributed by atoms with Crippen LogP contribution in [-0.2, 0) is 20.7 Å². The van der Waals surface area contributed by atoms with E-state index in [-0.39, 0.29) is 23.5 Å². The van der Waals surface area contributed by atoms with Crippen LogP contribution in [0.15, 0.2) is 42.2 Å². The Bertz CT molecular complexity index is 1020. The molecule has 0 saturated carbocycles. The fraction of sp³-hybridized carbons (Fsp3) is 0.105. The van der Waals surface area contributed by atoms with E-state index in [0.29, 0.717) is 5.56 Å². The fourth-order valence-corrected chi connectivity index (χ4v) is 2.46. The zero-order valence-electron chi connectivity index (χ0n) is 14.6. The molecule has 2 aromatic carbocycles. The lowest BCUT2D eigenvalue weighted by Gasteiger charge is -2.11. The van der Waals surface area contributed by atoms with Crippen LogP contribution in [0, 0.1) is 11.6 Å². The third-order valence-electron chi connectivity index (χ3n) is 3.93. The van der Waals surface area contributed by atoms with Crippen molar-refractivity contribution in [3.63, 3.8) is 0 Å². The average Bonchev–Trinajstić information content (AvgIpc) is 2.99. The number of halogens is 2. The maximum Gasteiger partial charge on any atom is 0.419 e. The van der Waals surface area contributed by atoms with E-state index in [1.54, 1.807) is 0 Å². The number of benzene rings is 2. The summed E-state index contributed by atoms with van der Waals surface area (Å²) >= 11 is 0. The van der Waals surface area contributed by atoms with Crippen molar-refractivity contribution >= 4 is 24.0 Å². The summed E-state index contributed by atoms with van der Waals surface area (Å²) in [5.74, 6) is -4.92. The average molecular weight is 404 g/mol. The van der Waals surface area contributed by atoms with Crippen LogP contribution in [0.1, 0.15) is 11.1 Å². The highest BCUT2D eigenvalue weighted by Crippen LogP contribution is 2.28. The Morgan fingerprint density at radius 3 is 2.45 bits per heavy atom. The molecule has 0 aromatic heterocycles. The minimum Gasteiger partial charge on any atom is -0.480 e. The standard InChI is InChI=1S/C19H14F2N2O6/c20-15-10(8-12(22)18(25)26)3-6-13(16(15)21)28-11-4-1-9(2-5-11)7-14-17(24)23-19(27)29-14/h1-7,12H,8,22H2,(H,25,26)(H,23,24,27)/b14-7-. The first-order chi connectivity index (χ1) is 13.7. The molecule has 1 aliphatic rings. The molecule has 0 spiro atoms. The molecule has 1 unspecified atom stereocenters. The van der Waals surface area contributed by atoms with E-state index in [0.717, 1.165) is 0 Å². The van der Waals surface area contributed by atoms with Crippen molar-refractivity contribution in [3.05, 3.63) is 64.9 Å². The highest BCUT2D eigenvalue weighted by atomic mass is 19.2. The molecule has 2 aromatic rings. The number of hydrogen-bond donors (Lipinski definition) is 3. The second kappa shape index (κ2) is 8.07. The van der Waals surface area contributed by atoms with Crippen LogP contribution in [-0.4, -0.2) is 29.1 Å². The van der Waals surface area contributed by atoms with Crippen LogP contribution >= 0.6 is 0 Å². The van der Waals surface area contributed by atoms with Crippen molar-refractivity contribution in [1.82, 2.24) is 5.32 Å². The summed E-state index contributed by atoms with van der Waals surface area (Å²) in [4.78, 5) is 33.2. The van der Waals surface area contributed by atoms with Gasteiger partial charge in [0.05, 0.1) is 0 Å². The number of carbonyl (C=O) groups is 3. The summed E-state index contributed by atoms with van der Waals surface area (Å²) in [5.41, 5.74) is 5.66. The molecule has 1 saturated heterocycles. The number of amides is 2. The Kier molecular flexibility index (Phi) is 5.55. The van der Waals surface area contributed by atoms with E-state index >= 15 is 0 Å². The Morgan fingerprint density at radius 2 is 1.86 bits per heavy atom. The minimum atomic E-state index is -1.36. The number of nitrogens with one attached hydrogen (secondary N) is 1. The topological polar surface area (TPSA) is 128 Å². The summed E-state index contributed by atoms with van der Waals surface area (Å²) in [6.07, 6.45) is 0.0800. The molecule has 2 amide bonds. The lowest BCUT2D eigenvalue weighted by Crippen LogP contribution is -2.32. The first-order valence-corrected chi connectivity index (χ1v) is 8.22. The third-order valence-corrected chi connectivity index (χ3v) is 3.93. The van der Waals surface area contributed by atoms with Crippen LogP contribution in [0.2, 0.25) is 0 Å². The van der Waals surface area contributed by atoms with Gasteiger partial charge in [0.2, 0.25) is 5.82 Å². The molecule has 0 radical (unpaired) electrons. The Labute approximate surface area is 162 Å². The predicted octanol–water partition coefficient (Wildman–Crippen LogP) is 2.32. The van der Waals surface area contributed by atoms with E-state index < -0.39 is 41.4 Å². The summed E-state index contributed by atoms with van der Waals surface area (Å²) in [6.45, 7) is 0. The number of carboxylic acid groups (broad SMARTS) is 1. The zero-order chi connectivity index (χ0) is 21.1. The maximum absolute atomic E-state index is 14.2. The lowest BCUT2D eigenvalue weighted by atomic mass is 10.1. The number of carbonyl (C=O) groups excluding carboxylic acids is 2. The van der Waals surface area contributed by atoms with E-state index in [2.05, 4.69) is 4.74 Å². The molecule has 1 heterocycles. The van der Waals surface area contributed by atoms with Gasteiger partial charge in [-0.05, 0) is 35.4 Å². The lowest BCUT2D eigenvalue weighted by molar-refractivity contribution is -0.138. The molecule has 3 rings (SSSR count). The number of nitrogens with two attached hydrogens (primary N) is 1. The Balaban J connectivity index is 1.74. The zero-order valence-corrected chi connectivity index (χ0v) is 14.6. The maximum atomic E-state index is 14.2. The molecule has 10 heteroatoms. The van der Waals surface area contributed by atoms with Gasteiger partial charge < -0.3 is 20.3 Å². The Morgan fingerprint density at radius 1 is 1.17 bits per heavy atom. The highest BCUT2D eigenvalue weighted by molar-refractivity contribution is 6.09. The van der Waals surface area contributed by atoms with Gasteiger partial charge in [-0.1, -0.05) is 18.2 Å². The van der Waals surface area contributed by atoms with Gasteiger partial charge in [-0.3, -0.25) is 14.9 Å². The second-order valence-electron chi connectivity index (χ2n) is 6.02. The van der Waals surface area contributed by atoms with Crippen molar-refractivity contribution in [2.24, 2.45) is 5.73 Å². The monoisotopic (exact) mass is 404 g/mol. The van der Waals surface area contributed by atoms with Crippen molar-refractivity contribution in [2.45, 2.75) is 12.5 Å². The van der Waals surface area contributed by atoms with Crippen LogP contribution in [0.25, 0.3) is 6.08 Å². The van der Waals surface area contributed by atoms with Crippen LogP contribution in [0.5, 0.6) is 11.5 Å². The number of aliphatic carboxylic acids is 1. The van der Waals surface area contributed by atoms with Gasteiger partial charge in [0.25, 0.3) is 5.91 Å². The van der Waals surface area contributed by atoms with E-state index in [9.17, 15) is 23.2 Å². The molecule has 0 aliphatic carbocycles.